The SMILES string of the molecule is CCCCCCN1C(C)(C)CC(N(C)CCCCCCN(c2nc(C)nc(NC(C)(C)CC(C)(C)C)n2)C2CC(C)(C)N(CCCCCC)C(C)(C)C2)CC1(C)C. The summed E-state index contributed by atoms with van der Waals surface area (Å²) in [6.07, 6.45) is 21.2. The van der Waals surface area contributed by atoms with E-state index in [0.29, 0.717) is 18.0 Å². The van der Waals surface area contributed by atoms with Crippen LogP contribution in [0.1, 0.15) is 219 Å². The first-order valence-electron chi connectivity index (χ1n) is 23.9. The summed E-state index contributed by atoms with van der Waals surface area (Å²) in [5.41, 5.74) is 0.709. The van der Waals surface area contributed by atoms with Gasteiger partial charge in [0.15, 0.2) is 0 Å². The van der Waals surface area contributed by atoms with Crippen molar-refractivity contribution in [2.24, 2.45) is 5.41 Å². The summed E-state index contributed by atoms with van der Waals surface area (Å²) in [5.74, 6) is 2.36. The zero-order valence-corrected chi connectivity index (χ0v) is 41.1. The summed E-state index contributed by atoms with van der Waals surface area (Å²) in [6, 6.07) is 1.01. The number of anilines is 2. The molecular formula is C49H96N8. The Labute approximate surface area is 354 Å². The fraction of sp³-hybridized carbons (Fsp3) is 0.939. The number of hydrogen-bond donors (Lipinski definition) is 1. The van der Waals surface area contributed by atoms with E-state index in [2.05, 4.69) is 136 Å². The molecule has 57 heavy (non-hydrogen) atoms. The topological polar surface area (TPSA) is 63.7 Å². The molecule has 2 saturated heterocycles. The average molecular weight is 797 g/mol. The number of aromatic nitrogens is 3. The highest BCUT2D eigenvalue weighted by atomic mass is 15.3. The third kappa shape index (κ3) is 15.5. The predicted molar refractivity (Wildman–Crippen MR) is 249 cm³/mol. The summed E-state index contributed by atoms with van der Waals surface area (Å²) >= 11 is 0. The zero-order chi connectivity index (χ0) is 42.9. The molecule has 0 radical (unpaired) electrons. The minimum absolute atomic E-state index is 0.0909. The highest BCUT2D eigenvalue weighted by Gasteiger charge is 2.47. The third-order valence-electron chi connectivity index (χ3n) is 13.5. The molecular weight excluding hydrogens is 701 g/mol. The van der Waals surface area contributed by atoms with Crippen molar-refractivity contribution in [3.8, 4) is 0 Å². The van der Waals surface area contributed by atoms with Gasteiger partial charge in [-0.25, -0.2) is 0 Å². The Hall–Kier alpha value is -1.51. The van der Waals surface area contributed by atoms with E-state index in [9.17, 15) is 0 Å². The van der Waals surface area contributed by atoms with E-state index >= 15 is 0 Å². The first-order chi connectivity index (χ1) is 26.3. The molecule has 0 atom stereocenters. The number of unbranched alkanes of at least 4 members (excludes halogenated alkanes) is 9. The lowest BCUT2D eigenvalue weighted by atomic mass is 9.76. The molecule has 8 heteroatoms. The molecule has 0 aromatic carbocycles. The van der Waals surface area contributed by atoms with Gasteiger partial charge in [-0.05, 0) is 166 Å². The van der Waals surface area contributed by atoms with Crippen molar-refractivity contribution in [1.82, 2.24) is 29.7 Å². The lowest BCUT2D eigenvalue weighted by molar-refractivity contribution is -0.0621. The Balaban J connectivity index is 1.71. The standard InChI is InChI=1S/C49H96N8/c1-18-20-22-28-32-56-46(9,10)34-40(35-47(56,11)12)54(17)30-26-24-25-27-31-55(41-36-48(13,14)57(49(15,16)37-41)33-29-23-21-19-2)43-51-39(3)50-42(52-43)53-45(7,8)38-44(4,5)6/h40-41H,18-38H2,1-17H3,(H,50,51,52,53). The maximum absolute atomic E-state index is 5.22. The number of piperidine rings is 2. The summed E-state index contributed by atoms with van der Waals surface area (Å²) in [5, 5.41) is 3.73. The summed E-state index contributed by atoms with van der Waals surface area (Å²) in [7, 11) is 2.40. The Morgan fingerprint density at radius 1 is 0.596 bits per heavy atom. The third-order valence-corrected chi connectivity index (χ3v) is 13.5. The Kier molecular flexibility index (Phi) is 18.2. The van der Waals surface area contributed by atoms with Gasteiger partial charge in [-0.3, -0.25) is 9.80 Å². The van der Waals surface area contributed by atoms with Gasteiger partial charge in [0.05, 0.1) is 0 Å². The molecule has 1 aromatic rings. The molecule has 8 nitrogen and oxygen atoms in total. The molecule has 3 heterocycles. The van der Waals surface area contributed by atoms with E-state index in [4.69, 9.17) is 15.0 Å². The van der Waals surface area contributed by atoms with Gasteiger partial charge in [-0.15, -0.1) is 0 Å². The second-order valence-corrected chi connectivity index (χ2v) is 23.1. The second kappa shape index (κ2) is 20.8. The van der Waals surface area contributed by atoms with Crippen LogP contribution >= 0.6 is 0 Å². The highest BCUT2D eigenvalue weighted by molar-refractivity contribution is 5.40. The molecule has 0 amide bonds. The quantitative estimate of drug-likeness (QED) is 0.110. The maximum Gasteiger partial charge on any atom is 0.230 e. The van der Waals surface area contributed by atoms with Crippen molar-refractivity contribution in [2.45, 2.75) is 260 Å². The van der Waals surface area contributed by atoms with E-state index in [-0.39, 0.29) is 33.1 Å². The minimum atomic E-state index is -0.134. The van der Waals surface area contributed by atoms with Crippen molar-refractivity contribution in [3.05, 3.63) is 5.82 Å². The molecule has 2 fully saturated rings. The van der Waals surface area contributed by atoms with Gasteiger partial charge in [0.1, 0.15) is 5.82 Å². The van der Waals surface area contributed by atoms with Gasteiger partial charge < -0.3 is 15.1 Å². The molecule has 0 saturated carbocycles. The molecule has 0 spiro atoms. The number of aryl methyl sites for hydroxylation is 1. The van der Waals surface area contributed by atoms with Gasteiger partial charge in [0.2, 0.25) is 11.9 Å². The maximum atomic E-state index is 5.22. The second-order valence-electron chi connectivity index (χ2n) is 23.1. The van der Waals surface area contributed by atoms with Crippen molar-refractivity contribution in [1.29, 1.82) is 0 Å². The lowest BCUT2D eigenvalue weighted by Gasteiger charge is -2.57. The Morgan fingerprint density at radius 3 is 1.49 bits per heavy atom. The average Bonchev–Trinajstić information content (AvgIpc) is 3.03. The molecule has 2 aliphatic rings. The van der Waals surface area contributed by atoms with Crippen LogP contribution in [0.3, 0.4) is 0 Å². The molecule has 2 aliphatic heterocycles. The largest absolute Gasteiger partial charge is 0.349 e. The van der Waals surface area contributed by atoms with Gasteiger partial charge >= 0.3 is 0 Å². The van der Waals surface area contributed by atoms with Crippen LogP contribution in [0, 0.1) is 12.3 Å². The van der Waals surface area contributed by atoms with Crippen LogP contribution in [0.2, 0.25) is 0 Å². The van der Waals surface area contributed by atoms with Crippen LogP contribution in [0.15, 0.2) is 0 Å². The smallest absolute Gasteiger partial charge is 0.230 e. The van der Waals surface area contributed by atoms with Crippen LogP contribution in [-0.2, 0) is 0 Å². The minimum Gasteiger partial charge on any atom is -0.349 e. The van der Waals surface area contributed by atoms with Crippen molar-refractivity contribution in [2.75, 3.05) is 43.4 Å². The van der Waals surface area contributed by atoms with Gasteiger partial charge in [-0.1, -0.05) is 86.0 Å². The van der Waals surface area contributed by atoms with E-state index in [1.165, 1.54) is 103 Å². The van der Waals surface area contributed by atoms with Crippen LogP contribution in [0.5, 0.6) is 0 Å². The number of likely N-dealkylation sites (tertiary alicyclic amines) is 2. The van der Waals surface area contributed by atoms with E-state index in [1.807, 2.05) is 6.92 Å². The van der Waals surface area contributed by atoms with Crippen molar-refractivity contribution >= 4 is 11.9 Å². The normalized spacial score (nSPS) is 20.7. The Morgan fingerprint density at radius 2 is 1.04 bits per heavy atom. The highest BCUT2D eigenvalue weighted by Crippen LogP contribution is 2.42. The number of rotatable bonds is 23. The molecule has 0 bridgehead atoms. The van der Waals surface area contributed by atoms with Gasteiger partial charge in [0.25, 0.3) is 0 Å². The first kappa shape index (κ1) is 49.8. The summed E-state index contributed by atoms with van der Waals surface area (Å²) in [4.78, 5) is 26.1. The summed E-state index contributed by atoms with van der Waals surface area (Å²) < 4.78 is 0. The monoisotopic (exact) mass is 797 g/mol. The molecule has 0 unspecified atom stereocenters. The number of nitrogens with zero attached hydrogens (tertiary/aromatic N) is 7. The first-order valence-corrected chi connectivity index (χ1v) is 23.9. The molecule has 3 rings (SSSR count). The number of hydrogen-bond acceptors (Lipinski definition) is 8. The van der Waals surface area contributed by atoms with Gasteiger partial charge in [-0.2, -0.15) is 15.0 Å². The molecule has 332 valence electrons. The van der Waals surface area contributed by atoms with Crippen molar-refractivity contribution < 1.29 is 0 Å². The molecule has 1 aromatic heterocycles. The lowest BCUT2D eigenvalue weighted by Crippen LogP contribution is -2.64. The van der Waals surface area contributed by atoms with E-state index in [0.717, 1.165) is 44.0 Å². The van der Waals surface area contributed by atoms with Crippen LogP contribution in [0.25, 0.3) is 0 Å². The number of nitrogens with one attached hydrogen (secondary N) is 1. The molecule has 1 N–H and O–H groups in total. The predicted octanol–water partition coefficient (Wildman–Crippen LogP) is 12.3. The van der Waals surface area contributed by atoms with Crippen LogP contribution < -0.4 is 10.2 Å². The van der Waals surface area contributed by atoms with E-state index in [1.54, 1.807) is 0 Å². The zero-order valence-electron chi connectivity index (χ0n) is 41.1. The van der Waals surface area contributed by atoms with Crippen LogP contribution in [0.4, 0.5) is 11.9 Å². The molecule has 0 aliphatic carbocycles. The van der Waals surface area contributed by atoms with E-state index < -0.39 is 0 Å². The van der Waals surface area contributed by atoms with Gasteiger partial charge in [0, 0.05) is 46.3 Å². The Bertz CT molecular complexity index is 1290. The fourth-order valence-corrected chi connectivity index (χ4v) is 11.6. The van der Waals surface area contributed by atoms with Crippen LogP contribution in [-0.4, -0.2) is 103 Å². The fourth-order valence-electron chi connectivity index (χ4n) is 11.6. The van der Waals surface area contributed by atoms with Crippen molar-refractivity contribution in [3.63, 3.8) is 0 Å². The summed E-state index contributed by atoms with van der Waals surface area (Å²) in [6.45, 7) is 42.6.